The lowest BCUT2D eigenvalue weighted by atomic mass is 9.86. The first kappa shape index (κ1) is 16.2. The first-order valence-electron chi connectivity index (χ1n) is 7.00. The maximum Gasteiger partial charge on any atom is 0.143 e. The molecule has 2 aromatic carbocycles. The van der Waals surface area contributed by atoms with Crippen LogP contribution in [0.3, 0.4) is 0 Å². The van der Waals surface area contributed by atoms with E-state index in [0.29, 0.717) is 16.5 Å². The molecule has 0 saturated heterocycles. The molecular weight excluding hydrogens is 331 g/mol. The Kier molecular flexibility index (Phi) is 4.84. The van der Waals surface area contributed by atoms with Crippen molar-refractivity contribution in [3.05, 3.63) is 69.4 Å². The zero-order valence-electron chi connectivity index (χ0n) is 12.5. The minimum absolute atomic E-state index is 0.105. The van der Waals surface area contributed by atoms with Gasteiger partial charge in [0.25, 0.3) is 0 Å². The third-order valence-corrected chi connectivity index (χ3v) is 4.20. The predicted octanol–water partition coefficient (Wildman–Crippen LogP) is 5.16. The van der Waals surface area contributed by atoms with Gasteiger partial charge in [-0.2, -0.15) is 0 Å². The molecule has 1 nitrogen and oxygen atoms in total. The van der Waals surface area contributed by atoms with Crippen LogP contribution in [-0.2, 0) is 11.8 Å². The van der Waals surface area contributed by atoms with Gasteiger partial charge < -0.3 is 5.11 Å². The van der Waals surface area contributed by atoms with Crippen LogP contribution in [-0.4, -0.2) is 5.11 Å². The van der Waals surface area contributed by atoms with E-state index in [1.54, 1.807) is 18.2 Å². The van der Waals surface area contributed by atoms with Gasteiger partial charge in [0.2, 0.25) is 0 Å². The summed E-state index contributed by atoms with van der Waals surface area (Å²) in [6.45, 7) is 6.48. The quantitative estimate of drug-likeness (QED) is 0.810. The lowest BCUT2D eigenvalue weighted by molar-refractivity contribution is 0.173. The number of halogens is 2. The fraction of sp³-hybridized carbons (Fsp3) is 0.333. The lowest BCUT2D eigenvalue weighted by Gasteiger charge is -2.19. The van der Waals surface area contributed by atoms with E-state index < -0.39 is 11.9 Å². The molecule has 1 N–H and O–H groups in total. The van der Waals surface area contributed by atoms with Crippen molar-refractivity contribution in [2.75, 3.05) is 0 Å². The summed E-state index contributed by atoms with van der Waals surface area (Å²) in [6, 6.07) is 13.1. The second kappa shape index (κ2) is 6.29. The Hall–Kier alpha value is -1.19. The molecule has 112 valence electrons. The molecule has 0 bridgehead atoms. The van der Waals surface area contributed by atoms with Gasteiger partial charge in [0, 0.05) is 12.0 Å². The zero-order valence-corrected chi connectivity index (χ0v) is 14.1. The molecule has 0 radical (unpaired) electrons. The van der Waals surface area contributed by atoms with Crippen LogP contribution in [0.5, 0.6) is 0 Å². The Morgan fingerprint density at radius 2 is 1.71 bits per heavy atom. The van der Waals surface area contributed by atoms with Gasteiger partial charge in [-0.3, -0.25) is 0 Å². The molecule has 0 aliphatic carbocycles. The van der Waals surface area contributed by atoms with Crippen LogP contribution in [0, 0.1) is 5.82 Å². The molecule has 1 atom stereocenters. The summed E-state index contributed by atoms with van der Waals surface area (Å²) < 4.78 is 14.3. The van der Waals surface area contributed by atoms with E-state index in [4.69, 9.17) is 0 Å². The van der Waals surface area contributed by atoms with Crippen LogP contribution >= 0.6 is 15.9 Å². The van der Waals surface area contributed by atoms with Crippen molar-refractivity contribution in [1.82, 2.24) is 0 Å². The van der Waals surface area contributed by atoms with Crippen LogP contribution in [0.1, 0.15) is 43.6 Å². The van der Waals surface area contributed by atoms with E-state index in [1.165, 1.54) is 5.56 Å². The van der Waals surface area contributed by atoms with Crippen LogP contribution < -0.4 is 0 Å². The van der Waals surface area contributed by atoms with Gasteiger partial charge >= 0.3 is 0 Å². The summed E-state index contributed by atoms with van der Waals surface area (Å²) in [4.78, 5) is 0. The molecular formula is C18H20BrFO. The predicted molar refractivity (Wildman–Crippen MR) is 87.9 cm³/mol. The molecule has 2 rings (SSSR count). The SMILES string of the molecule is CC(C)(C)c1ccc(CC(O)c2cccc(Br)c2F)cc1. The molecule has 3 heteroatoms. The summed E-state index contributed by atoms with van der Waals surface area (Å²) in [5.74, 6) is -0.392. The van der Waals surface area contributed by atoms with Crippen molar-refractivity contribution in [3.63, 3.8) is 0 Å². The van der Waals surface area contributed by atoms with Gasteiger partial charge in [0.1, 0.15) is 5.82 Å². The Balaban J connectivity index is 2.16. The fourth-order valence-corrected chi connectivity index (χ4v) is 2.63. The van der Waals surface area contributed by atoms with Gasteiger partial charge in [0.05, 0.1) is 10.6 Å². The molecule has 2 aromatic rings. The summed E-state index contributed by atoms with van der Waals surface area (Å²) in [5, 5.41) is 10.2. The Morgan fingerprint density at radius 3 is 2.29 bits per heavy atom. The zero-order chi connectivity index (χ0) is 15.6. The third kappa shape index (κ3) is 3.92. The Morgan fingerprint density at radius 1 is 1.10 bits per heavy atom. The van der Waals surface area contributed by atoms with Gasteiger partial charge in [-0.15, -0.1) is 0 Å². The van der Waals surface area contributed by atoms with E-state index >= 15 is 0 Å². The number of rotatable bonds is 3. The van der Waals surface area contributed by atoms with Crippen molar-refractivity contribution in [3.8, 4) is 0 Å². The summed E-state index contributed by atoms with van der Waals surface area (Å²) in [6.07, 6.45) is -0.444. The topological polar surface area (TPSA) is 20.2 Å². The number of benzene rings is 2. The molecule has 0 aromatic heterocycles. The summed E-state index contributed by atoms with van der Waals surface area (Å²) in [5.41, 5.74) is 2.67. The largest absolute Gasteiger partial charge is 0.388 e. The second-order valence-corrected chi connectivity index (χ2v) is 7.16. The minimum atomic E-state index is -0.844. The van der Waals surface area contributed by atoms with Gasteiger partial charge in [-0.1, -0.05) is 57.2 Å². The van der Waals surface area contributed by atoms with Crippen molar-refractivity contribution in [1.29, 1.82) is 0 Å². The van der Waals surface area contributed by atoms with E-state index in [0.717, 1.165) is 5.56 Å². The average Bonchev–Trinajstić information content (AvgIpc) is 2.41. The van der Waals surface area contributed by atoms with Crippen molar-refractivity contribution >= 4 is 15.9 Å². The van der Waals surface area contributed by atoms with Crippen LogP contribution in [0.4, 0.5) is 4.39 Å². The third-order valence-electron chi connectivity index (χ3n) is 3.59. The fourth-order valence-electron chi connectivity index (χ4n) is 2.25. The molecule has 0 aliphatic heterocycles. The van der Waals surface area contributed by atoms with Crippen LogP contribution in [0.2, 0.25) is 0 Å². The number of aliphatic hydroxyl groups is 1. The number of hydrogen-bond acceptors (Lipinski definition) is 1. The molecule has 0 saturated carbocycles. The molecule has 0 spiro atoms. The molecule has 21 heavy (non-hydrogen) atoms. The summed E-state index contributed by atoms with van der Waals surface area (Å²) >= 11 is 3.15. The highest BCUT2D eigenvalue weighted by Crippen LogP contribution is 2.27. The standard InChI is InChI=1S/C18H20BrFO/c1-18(2,3)13-9-7-12(8-10-13)11-16(21)14-5-4-6-15(19)17(14)20/h4-10,16,21H,11H2,1-3H3. The maximum absolute atomic E-state index is 14.0. The van der Waals surface area contributed by atoms with E-state index in [-0.39, 0.29) is 5.41 Å². The van der Waals surface area contributed by atoms with E-state index in [1.807, 2.05) is 12.1 Å². The first-order valence-corrected chi connectivity index (χ1v) is 7.80. The average molecular weight is 351 g/mol. The number of aliphatic hydroxyl groups excluding tert-OH is 1. The van der Waals surface area contributed by atoms with Crippen LogP contribution in [0.25, 0.3) is 0 Å². The van der Waals surface area contributed by atoms with Gasteiger partial charge in [-0.05, 0) is 38.5 Å². The van der Waals surface area contributed by atoms with Crippen molar-refractivity contribution < 1.29 is 9.50 Å². The molecule has 0 fully saturated rings. The van der Waals surface area contributed by atoms with Gasteiger partial charge in [-0.25, -0.2) is 4.39 Å². The Labute approximate surface area is 134 Å². The number of hydrogen-bond donors (Lipinski definition) is 1. The molecule has 0 aliphatic rings. The molecule has 0 amide bonds. The van der Waals surface area contributed by atoms with Crippen molar-refractivity contribution in [2.24, 2.45) is 0 Å². The second-order valence-electron chi connectivity index (χ2n) is 6.31. The summed E-state index contributed by atoms with van der Waals surface area (Å²) in [7, 11) is 0. The van der Waals surface area contributed by atoms with Crippen LogP contribution in [0.15, 0.2) is 46.9 Å². The normalized spacial score (nSPS) is 13.2. The highest BCUT2D eigenvalue weighted by atomic mass is 79.9. The minimum Gasteiger partial charge on any atom is -0.388 e. The lowest BCUT2D eigenvalue weighted by Crippen LogP contribution is -2.11. The highest BCUT2D eigenvalue weighted by Gasteiger charge is 2.16. The van der Waals surface area contributed by atoms with E-state index in [2.05, 4.69) is 48.8 Å². The highest BCUT2D eigenvalue weighted by molar-refractivity contribution is 9.10. The Bertz CT molecular complexity index is 614. The first-order chi connectivity index (χ1) is 9.79. The smallest absolute Gasteiger partial charge is 0.143 e. The monoisotopic (exact) mass is 350 g/mol. The van der Waals surface area contributed by atoms with Gasteiger partial charge in [0.15, 0.2) is 0 Å². The maximum atomic E-state index is 14.0. The molecule has 0 heterocycles. The van der Waals surface area contributed by atoms with Crippen molar-refractivity contribution in [2.45, 2.75) is 38.7 Å². The molecule has 1 unspecified atom stereocenters. The van der Waals surface area contributed by atoms with E-state index in [9.17, 15) is 9.50 Å².